The first-order valence-electron chi connectivity index (χ1n) is 3.64. The SMILES string of the molecule is CNC(=O)C1SC(=C(C=O)C(N)=O)S1. The lowest BCUT2D eigenvalue weighted by molar-refractivity contribution is -0.119. The first-order valence-corrected chi connectivity index (χ1v) is 5.40. The molecule has 1 fully saturated rings. The summed E-state index contributed by atoms with van der Waals surface area (Å²) in [5, 5.41) is 2.47. The molecule has 1 rings (SSSR count). The third-order valence-electron chi connectivity index (χ3n) is 1.49. The first kappa shape index (κ1) is 11.1. The van der Waals surface area contributed by atoms with Crippen molar-refractivity contribution in [3.63, 3.8) is 0 Å². The van der Waals surface area contributed by atoms with Gasteiger partial charge in [-0.05, 0) is 0 Å². The number of thioether (sulfide) groups is 2. The smallest absolute Gasteiger partial charge is 0.253 e. The van der Waals surface area contributed by atoms with E-state index in [1.807, 2.05) is 0 Å². The van der Waals surface area contributed by atoms with Crippen molar-refractivity contribution >= 4 is 41.6 Å². The van der Waals surface area contributed by atoms with Crippen LogP contribution in [0.1, 0.15) is 0 Å². The molecule has 7 heteroatoms. The molecule has 0 saturated carbocycles. The highest BCUT2D eigenvalue weighted by molar-refractivity contribution is 8.39. The van der Waals surface area contributed by atoms with Crippen LogP contribution in [0.25, 0.3) is 0 Å². The molecule has 0 spiro atoms. The fourth-order valence-electron chi connectivity index (χ4n) is 0.762. The number of nitrogens with one attached hydrogen (secondary N) is 1. The van der Waals surface area contributed by atoms with E-state index in [0.29, 0.717) is 10.5 Å². The molecule has 0 aromatic carbocycles. The molecule has 0 unspecified atom stereocenters. The summed E-state index contributed by atoms with van der Waals surface area (Å²) < 4.78 is 0.227. The highest BCUT2D eigenvalue weighted by Gasteiger charge is 2.34. The van der Waals surface area contributed by atoms with E-state index in [-0.39, 0.29) is 16.1 Å². The van der Waals surface area contributed by atoms with Gasteiger partial charge in [-0.15, -0.1) is 0 Å². The molecular formula is C7H8N2O3S2. The maximum Gasteiger partial charge on any atom is 0.253 e. The van der Waals surface area contributed by atoms with Crippen LogP contribution in [0.3, 0.4) is 0 Å². The van der Waals surface area contributed by atoms with E-state index >= 15 is 0 Å². The molecule has 1 heterocycles. The van der Waals surface area contributed by atoms with Crippen LogP contribution in [0, 0.1) is 0 Å². The highest BCUT2D eigenvalue weighted by atomic mass is 32.3. The molecule has 76 valence electrons. The second kappa shape index (κ2) is 4.52. The summed E-state index contributed by atoms with van der Waals surface area (Å²) in [7, 11) is 1.53. The normalized spacial score (nSPS) is 19.5. The van der Waals surface area contributed by atoms with E-state index in [4.69, 9.17) is 5.73 Å². The van der Waals surface area contributed by atoms with Crippen LogP contribution in [0.4, 0.5) is 0 Å². The number of aldehydes is 1. The minimum atomic E-state index is -0.759. The lowest BCUT2D eigenvalue weighted by atomic mass is 10.3. The summed E-state index contributed by atoms with van der Waals surface area (Å²) >= 11 is 2.33. The van der Waals surface area contributed by atoms with Gasteiger partial charge in [0, 0.05) is 7.05 Å². The van der Waals surface area contributed by atoms with Crippen molar-refractivity contribution < 1.29 is 14.4 Å². The van der Waals surface area contributed by atoms with Gasteiger partial charge in [-0.1, -0.05) is 23.5 Å². The summed E-state index contributed by atoms with van der Waals surface area (Å²) in [6, 6.07) is 0. The largest absolute Gasteiger partial charge is 0.365 e. The van der Waals surface area contributed by atoms with Crippen LogP contribution in [0.15, 0.2) is 9.81 Å². The molecule has 1 saturated heterocycles. The fraction of sp³-hybridized carbons (Fsp3) is 0.286. The molecule has 0 aliphatic carbocycles. The van der Waals surface area contributed by atoms with Gasteiger partial charge in [-0.25, -0.2) is 0 Å². The van der Waals surface area contributed by atoms with Crippen molar-refractivity contribution in [2.45, 2.75) is 4.58 Å². The molecule has 0 radical (unpaired) electrons. The summed E-state index contributed by atoms with van der Waals surface area (Å²) in [5.74, 6) is -0.899. The van der Waals surface area contributed by atoms with Gasteiger partial charge in [0.15, 0.2) is 6.29 Å². The van der Waals surface area contributed by atoms with Gasteiger partial charge in [0.25, 0.3) is 5.91 Å². The lowest BCUT2D eigenvalue weighted by Gasteiger charge is -2.26. The number of rotatable bonds is 3. The van der Waals surface area contributed by atoms with E-state index in [2.05, 4.69) is 5.32 Å². The lowest BCUT2D eigenvalue weighted by Crippen LogP contribution is -2.32. The van der Waals surface area contributed by atoms with Crippen LogP contribution in [0.2, 0.25) is 0 Å². The zero-order valence-corrected chi connectivity index (χ0v) is 8.91. The highest BCUT2D eigenvalue weighted by Crippen LogP contribution is 2.52. The van der Waals surface area contributed by atoms with E-state index in [1.54, 1.807) is 0 Å². The Kier molecular flexibility index (Phi) is 3.59. The summed E-state index contributed by atoms with van der Waals surface area (Å²) in [6.07, 6.45) is 0.414. The van der Waals surface area contributed by atoms with Crippen LogP contribution >= 0.6 is 23.5 Å². The first-order chi connectivity index (χ1) is 6.60. The van der Waals surface area contributed by atoms with Gasteiger partial charge < -0.3 is 11.1 Å². The number of carbonyl (C=O) groups excluding carboxylic acids is 3. The zero-order chi connectivity index (χ0) is 10.7. The van der Waals surface area contributed by atoms with Gasteiger partial charge in [-0.2, -0.15) is 0 Å². The average molecular weight is 232 g/mol. The van der Waals surface area contributed by atoms with Crippen LogP contribution < -0.4 is 11.1 Å². The quantitative estimate of drug-likeness (QED) is 0.294. The molecular weight excluding hydrogens is 224 g/mol. The van der Waals surface area contributed by atoms with Gasteiger partial charge in [0.1, 0.15) is 4.58 Å². The minimum Gasteiger partial charge on any atom is -0.365 e. The van der Waals surface area contributed by atoms with Crippen molar-refractivity contribution in [1.29, 1.82) is 0 Å². The van der Waals surface area contributed by atoms with Gasteiger partial charge in [-0.3, -0.25) is 14.4 Å². The van der Waals surface area contributed by atoms with Crippen LogP contribution in [0.5, 0.6) is 0 Å². The number of hydrogen-bond donors (Lipinski definition) is 2. The maximum atomic E-state index is 11.0. The number of primary amides is 1. The molecule has 1 aliphatic rings. The number of carbonyl (C=O) groups is 3. The van der Waals surface area contributed by atoms with Crippen molar-refractivity contribution in [2.24, 2.45) is 5.73 Å². The third kappa shape index (κ3) is 2.10. The summed E-state index contributed by atoms with van der Waals surface area (Å²) in [4.78, 5) is 32.2. The average Bonchev–Trinajstić information content (AvgIpc) is 2.08. The third-order valence-corrected chi connectivity index (χ3v) is 4.37. The molecule has 0 atom stereocenters. The number of hydrogen-bond acceptors (Lipinski definition) is 5. The molecule has 0 aromatic heterocycles. The van der Waals surface area contributed by atoms with E-state index < -0.39 is 5.91 Å². The van der Waals surface area contributed by atoms with Crippen LogP contribution in [-0.2, 0) is 14.4 Å². The van der Waals surface area contributed by atoms with E-state index in [0.717, 1.165) is 0 Å². The molecule has 5 nitrogen and oxygen atoms in total. The Bertz CT molecular complexity index is 319. The Hall–Kier alpha value is -0.950. The Labute approximate surface area is 88.9 Å². The molecule has 14 heavy (non-hydrogen) atoms. The van der Waals surface area contributed by atoms with Crippen molar-refractivity contribution in [2.75, 3.05) is 7.05 Å². The number of nitrogens with two attached hydrogens (primary N) is 1. The minimum absolute atomic E-state index is 0.0554. The number of amides is 2. The monoisotopic (exact) mass is 232 g/mol. The van der Waals surface area contributed by atoms with Gasteiger partial charge in [0.05, 0.1) is 9.81 Å². The van der Waals surface area contributed by atoms with E-state index in [9.17, 15) is 14.4 Å². The Morgan fingerprint density at radius 1 is 1.50 bits per heavy atom. The van der Waals surface area contributed by atoms with Gasteiger partial charge in [0.2, 0.25) is 5.91 Å². The fourth-order valence-corrected chi connectivity index (χ4v) is 3.04. The predicted molar refractivity (Wildman–Crippen MR) is 55.3 cm³/mol. The summed E-state index contributed by atoms with van der Waals surface area (Å²) in [5.41, 5.74) is 4.90. The van der Waals surface area contributed by atoms with Crippen molar-refractivity contribution in [1.82, 2.24) is 5.32 Å². The molecule has 3 N–H and O–H groups in total. The van der Waals surface area contributed by atoms with Gasteiger partial charge >= 0.3 is 0 Å². The maximum absolute atomic E-state index is 11.0. The molecule has 0 aromatic rings. The topological polar surface area (TPSA) is 89.3 Å². The molecule has 0 bridgehead atoms. The Morgan fingerprint density at radius 3 is 2.43 bits per heavy atom. The van der Waals surface area contributed by atoms with E-state index in [1.165, 1.54) is 30.6 Å². The van der Waals surface area contributed by atoms with Crippen molar-refractivity contribution in [3.8, 4) is 0 Å². The second-order valence-electron chi connectivity index (χ2n) is 2.37. The Morgan fingerprint density at radius 2 is 2.07 bits per heavy atom. The standard InChI is InChI=1S/C7H8N2O3S2/c1-9-5(12)7-13-6(14-7)3(2-10)4(8)11/h2,7H,1H3,(H2,8,11)(H,9,12). The van der Waals surface area contributed by atoms with Crippen LogP contribution in [-0.4, -0.2) is 29.7 Å². The zero-order valence-electron chi connectivity index (χ0n) is 7.27. The van der Waals surface area contributed by atoms with Crippen molar-refractivity contribution in [3.05, 3.63) is 9.81 Å². The Balaban J connectivity index is 2.66. The predicted octanol–water partition coefficient (Wildman–Crippen LogP) is -0.566. The molecule has 2 amide bonds. The summed E-state index contributed by atoms with van der Waals surface area (Å²) in [6.45, 7) is 0. The second-order valence-corrected chi connectivity index (χ2v) is 5.15. The molecule has 1 aliphatic heterocycles.